The lowest BCUT2D eigenvalue weighted by molar-refractivity contribution is 0.466. The third kappa shape index (κ3) is 8.68. The van der Waals surface area contributed by atoms with E-state index < -0.39 is 26.0 Å². The molecule has 0 saturated carbocycles. The molecule has 6 aromatic carbocycles. The highest BCUT2D eigenvalue weighted by Crippen LogP contribution is 2.44. The van der Waals surface area contributed by atoms with Crippen LogP contribution < -0.4 is 0 Å². The molecular weight excluding hydrogens is 779 g/mol. The molecular formula is C60H65N3O. The van der Waals surface area contributed by atoms with Gasteiger partial charge in [-0.05, 0) is 132 Å². The number of aromatic nitrogens is 3. The highest BCUT2D eigenvalue weighted by molar-refractivity contribution is 5.97. The van der Waals surface area contributed by atoms with Gasteiger partial charge in [0.15, 0.2) is 0 Å². The lowest BCUT2D eigenvalue weighted by atomic mass is 9.81. The van der Waals surface area contributed by atoms with Crippen LogP contribution in [0.2, 0.25) is 0 Å². The molecule has 64 heavy (non-hydrogen) atoms. The minimum Gasteiger partial charge on any atom is -0.507 e. The van der Waals surface area contributed by atoms with Gasteiger partial charge in [-0.25, -0.2) is 4.98 Å². The molecule has 4 nitrogen and oxygen atoms in total. The van der Waals surface area contributed by atoms with Crippen molar-refractivity contribution in [3.8, 4) is 67.5 Å². The summed E-state index contributed by atoms with van der Waals surface area (Å²) in [6, 6.07) is 43.4. The van der Waals surface area contributed by atoms with E-state index in [2.05, 4.69) is 165 Å². The van der Waals surface area contributed by atoms with Crippen LogP contribution >= 0.6 is 0 Å². The number of nitrogens with zero attached hydrogens (tertiary/aromatic N) is 3. The molecule has 0 amide bonds. The van der Waals surface area contributed by atoms with E-state index in [9.17, 15) is 5.11 Å². The van der Waals surface area contributed by atoms with Crippen LogP contribution in [0, 0.1) is 0 Å². The second-order valence-electron chi connectivity index (χ2n) is 19.9. The number of benzene rings is 6. The smallest absolute Gasteiger partial charge is 0.149 e. The fraction of sp³-hybridized carbons (Fsp3) is 0.300. The fourth-order valence-corrected chi connectivity index (χ4v) is 8.60. The van der Waals surface area contributed by atoms with E-state index in [1.807, 2.05) is 12.1 Å². The molecule has 0 aliphatic carbocycles. The van der Waals surface area contributed by atoms with Crippen molar-refractivity contribution < 1.29 is 17.4 Å². The van der Waals surface area contributed by atoms with Crippen molar-refractivity contribution in [3.63, 3.8) is 0 Å². The van der Waals surface area contributed by atoms with Crippen LogP contribution in [0.25, 0.3) is 72.7 Å². The Morgan fingerprint density at radius 2 is 1.27 bits per heavy atom. The van der Waals surface area contributed by atoms with E-state index in [-0.39, 0.29) is 34.0 Å². The zero-order valence-corrected chi connectivity index (χ0v) is 38.7. The Morgan fingerprint density at radius 1 is 0.547 bits per heavy atom. The first-order chi connectivity index (χ1) is 33.9. The lowest BCUT2D eigenvalue weighted by Gasteiger charge is -2.25. The van der Waals surface area contributed by atoms with Crippen LogP contribution in [-0.4, -0.2) is 19.6 Å². The molecule has 0 atom stereocenters. The van der Waals surface area contributed by atoms with Gasteiger partial charge in [-0.15, -0.1) is 0 Å². The van der Waals surface area contributed by atoms with Crippen molar-refractivity contribution in [2.75, 3.05) is 0 Å². The molecule has 2 aromatic heterocycles. The number of hydrogen-bond acceptors (Lipinski definition) is 3. The van der Waals surface area contributed by atoms with Crippen molar-refractivity contribution in [2.45, 2.75) is 118 Å². The van der Waals surface area contributed by atoms with E-state index >= 15 is 0 Å². The van der Waals surface area contributed by atoms with Gasteiger partial charge >= 0.3 is 0 Å². The van der Waals surface area contributed by atoms with E-state index in [4.69, 9.17) is 22.3 Å². The van der Waals surface area contributed by atoms with E-state index in [1.165, 1.54) is 17.7 Å². The Morgan fingerprint density at radius 3 is 1.92 bits per heavy atom. The van der Waals surface area contributed by atoms with E-state index in [0.29, 0.717) is 28.2 Å². The number of rotatable bonds is 8. The molecule has 326 valence electrons. The van der Waals surface area contributed by atoms with E-state index in [1.54, 1.807) is 24.4 Å². The number of para-hydroxylation sites is 1. The van der Waals surface area contributed by atoms with Crippen LogP contribution in [0.4, 0.5) is 0 Å². The predicted molar refractivity (Wildman–Crippen MR) is 272 cm³/mol. The van der Waals surface area contributed by atoms with Gasteiger partial charge in [-0.2, -0.15) is 0 Å². The van der Waals surface area contributed by atoms with Crippen molar-refractivity contribution in [3.05, 3.63) is 167 Å². The average molecular weight is 853 g/mol. The maximum absolute atomic E-state index is 12.3. The quantitative estimate of drug-likeness (QED) is 0.166. The summed E-state index contributed by atoms with van der Waals surface area (Å²) in [5, 5.41) is 12.3. The Balaban J connectivity index is 1.34. The van der Waals surface area contributed by atoms with Gasteiger partial charge < -0.3 is 5.11 Å². The molecule has 8 rings (SSSR count). The molecule has 0 aliphatic rings. The Kier molecular flexibility index (Phi) is 8.92. The molecule has 8 aromatic rings. The first-order valence-electron chi connectivity index (χ1n) is 26.8. The first kappa shape index (κ1) is 34.2. The maximum Gasteiger partial charge on any atom is 0.149 e. The molecule has 2 heterocycles. The van der Waals surface area contributed by atoms with Crippen LogP contribution in [0.5, 0.6) is 5.75 Å². The summed E-state index contributed by atoms with van der Waals surface area (Å²) < 4.78 is 76.0. The first-order valence-corrected chi connectivity index (χ1v) is 22.3. The van der Waals surface area contributed by atoms with Crippen LogP contribution in [-0.2, 0) is 16.2 Å². The third-order valence-corrected chi connectivity index (χ3v) is 12.3. The summed E-state index contributed by atoms with van der Waals surface area (Å²) in [5.41, 5.74) is 10.3. The minimum atomic E-state index is -3.36. The van der Waals surface area contributed by atoms with Gasteiger partial charge in [0.25, 0.3) is 0 Å². The summed E-state index contributed by atoms with van der Waals surface area (Å²) in [6.07, 6.45) is 1.69. The molecule has 0 bridgehead atoms. The fourth-order valence-electron chi connectivity index (χ4n) is 8.60. The predicted octanol–water partition coefficient (Wildman–Crippen LogP) is 16.6. The molecule has 0 saturated heterocycles. The Hall–Kier alpha value is -6.26. The molecule has 1 N–H and O–H groups in total. The molecule has 0 aliphatic heterocycles. The highest BCUT2D eigenvalue weighted by Gasteiger charge is 2.27. The second kappa shape index (κ2) is 16.7. The number of pyridine rings is 1. The Labute approximate surface area is 394 Å². The Bertz CT molecular complexity index is 3300. The monoisotopic (exact) mass is 853 g/mol. The summed E-state index contributed by atoms with van der Waals surface area (Å²) in [6.45, 7) is 11.6. The van der Waals surface area contributed by atoms with Crippen LogP contribution in [0.15, 0.2) is 140 Å². The zero-order chi connectivity index (χ0) is 53.4. The number of imidazole rings is 1. The summed E-state index contributed by atoms with van der Waals surface area (Å²) in [7, 11) is 0. The van der Waals surface area contributed by atoms with Crippen LogP contribution in [0.1, 0.15) is 142 Å². The van der Waals surface area contributed by atoms with Crippen molar-refractivity contribution in [1.29, 1.82) is 0 Å². The number of phenols is 1. The molecule has 4 heteroatoms. The largest absolute Gasteiger partial charge is 0.507 e. The van der Waals surface area contributed by atoms with Gasteiger partial charge in [0.1, 0.15) is 11.6 Å². The van der Waals surface area contributed by atoms with Gasteiger partial charge in [0.2, 0.25) is 0 Å². The molecule has 0 radical (unpaired) electrons. The van der Waals surface area contributed by atoms with Gasteiger partial charge in [-0.1, -0.05) is 175 Å². The van der Waals surface area contributed by atoms with Crippen molar-refractivity contribution in [1.82, 2.24) is 14.5 Å². The number of fused-ring (bicyclic) bond motifs is 1. The molecule has 0 spiro atoms. The lowest BCUT2D eigenvalue weighted by Crippen LogP contribution is -2.14. The summed E-state index contributed by atoms with van der Waals surface area (Å²) in [5.74, 6) is 1.07. The normalized spacial score (nSPS) is 15.2. The van der Waals surface area contributed by atoms with Gasteiger partial charge in [0, 0.05) is 35.3 Å². The topological polar surface area (TPSA) is 50.9 Å². The van der Waals surface area contributed by atoms with Crippen LogP contribution in [0.3, 0.4) is 0 Å². The van der Waals surface area contributed by atoms with E-state index in [0.717, 1.165) is 61.2 Å². The summed E-state index contributed by atoms with van der Waals surface area (Å²) in [4.78, 5) is 10.4. The molecule has 0 fully saturated rings. The second-order valence-corrected chi connectivity index (χ2v) is 19.9. The van der Waals surface area contributed by atoms with Crippen molar-refractivity contribution >= 4 is 11.0 Å². The van der Waals surface area contributed by atoms with Crippen molar-refractivity contribution in [2.24, 2.45) is 0 Å². The standard InChI is InChI=1S/C60H65N3O/c1-37(2)42-33-50(38(3)4)56(64)51(34-42)57-62-55-49(20-17-21-54(55)63(57)47-26-27-48(40-18-15-14-16-19-40)52(36-47)60(11,12)13)43-30-44(32-46(31-43)59(8,9)10)53-35-41(28-29-61-53)39-22-24-45(25-23-39)58(5,6)7/h14-38,64H,1-13H3/i5D3,6D3,7D3. The van der Waals surface area contributed by atoms with Gasteiger partial charge in [0.05, 0.1) is 22.3 Å². The molecule has 0 unspecified atom stereocenters. The maximum atomic E-state index is 12.3. The SMILES string of the molecule is [2H]C([2H])([2H])C(c1ccc(-c2ccnc(-c3cc(-c4cccc5c4nc(-c4cc(C(C)C)cc(C(C)C)c4O)n5-c4ccc(-c5ccccc5)c(C(C)(C)C)c4)cc(C(C)(C)C)c3)c2)cc1)(C([2H])([2H])[2H])C([2H])([2H])[2H]. The third-order valence-electron chi connectivity index (χ3n) is 12.3. The summed E-state index contributed by atoms with van der Waals surface area (Å²) >= 11 is 0. The van der Waals surface area contributed by atoms with Gasteiger partial charge in [-0.3, -0.25) is 9.55 Å². The minimum absolute atomic E-state index is 0.0530. The number of hydrogen-bond donors (Lipinski definition) is 1. The average Bonchev–Trinajstić information content (AvgIpc) is 3.69. The number of phenolic OH excluding ortho intramolecular Hbond substituents is 1. The highest BCUT2D eigenvalue weighted by atomic mass is 16.3. The zero-order valence-electron chi connectivity index (χ0n) is 47.7. The number of aromatic hydroxyl groups is 1.